The molecule has 90 valence electrons. The Morgan fingerprint density at radius 2 is 1.94 bits per heavy atom. The van der Waals surface area contributed by atoms with Crippen molar-refractivity contribution in [2.24, 2.45) is 0 Å². The quantitative estimate of drug-likeness (QED) is 0.694. The van der Waals surface area contributed by atoms with E-state index in [2.05, 4.69) is 46.8 Å². The lowest BCUT2D eigenvalue weighted by atomic mass is 10.2. The minimum absolute atomic E-state index is 0.323. The molecule has 0 amide bonds. The van der Waals surface area contributed by atoms with Crippen LogP contribution in [0.4, 0.5) is 4.39 Å². The molecule has 0 atom stereocenters. The van der Waals surface area contributed by atoms with Crippen LogP contribution in [0.15, 0.2) is 39.4 Å². The van der Waals surface area contributed by atoms with Crippen LogP contribution in [0.1, 0.15) is 0 Å². The summed E-state index contributed by atoms with van der Waals surface area (Å²) in [5.74, 6) is 0.144. The number of aromatic amines is 1. The highest BCUT2D eigenvalue weighted by atomic mass is 79.9. The van der Waals surface area contributed by atoms with Gasteiger partial charge in [0.15, 0.2) is 5.65 Å². The summed E-state index contributed by atoms with van der Waals surface area (Å²) >= 11 is 6.65. The SMILES string of the molecule is Fc1ccc(Br)cc1-c1nc2ncc(Br)cc2[nH]1. The minimum atomic E-state index is -0.323. The molecule has 0 fully saturated rings. The molecular formula is C12H6Br2FN3. The first-order valence-corrected chi connectivity index (χ1v) is 6.69. The third-order valence-electron chi connectivity index (χ3n) is 2.49. The van der Waals surface area contributed by atoms with E-state index in [-0.39, 0.29) is 5.82 Å². The Labute approximate surface area is 119 Å². The zero-order valence-corrected chi connectivity index (χ0v) is 12.1. The molecule has 0 aliphatic heterocycles. The minimum Gasteiger partial charge on any atom is -0.336 e. The lowest BCUT2D eigenvalue weighted by Gasteiger charge is -1.99. The van der Waals surface area contributed by atoms with Crippen molar-refractivity contribution in [2.75, 3.05) is 0 Å². The Morgan fingerprint density at radius 3 is 2.78 bits per heavy atom. The lowest BCUT2D eigenvalue weighted by Crippen LogP contribution is -1.86. The van der Waals surface area contributed by atoms with E-state index in [0.29, 0.717) is 17.0 Å². The van der Waals surface area contributed by atoms with E-state index in [4.69, 9.17) is 0 Å². The molecule has 2 heterocycles. The summed E-state index contributed by atoms with van der Waals surface area (Å²) in [6, 6.07) is 6.59. The molecule has 3 rings (SSSR count). The molecule has 0 radical (unpaired) electrons. The molecule has 0 saturated carbocycles. The average molecular weight is 371 g/mol. The van der Waals surface area contributed by atoms with E-state index in [1.54, 1.807) is 18.3 Å². The van der Waals surface area contributed by atoms with Crippen LogP contribution in [-0.2, 0) is 0 Å². The number of rotatable bonds is 1. The average Bonchev–Trinajstić information content (AvgIpc) is 2.74. The van der Waals surface area contributed by atoms with Crippen LogP contribution in [-0.4, -0.2) is 15.0 Å². The molecular weight excluding hydrogens is 365 g/mol. The monoisotopic (exact) mass is 369 g/mol. The standard InChI is InChI=1S/C12H6Br2FN3/c13-6-1-2-9(15)8(3-6)11-17-10-4-7(14)5-16-12(10)18-11/h1-5H,(H,16,17,18). The smallest absolute Gasteiger partial charge is 0.178 e. The lowest BCUT2D eigenvalue weighted by molar-refractivity contribution is 0.630. The summed E-state index contributed by atoms with van der Waals surface area (Å²) in [4.78, 5) is 11.5. The highest BCUT2D eigenvalue weighted by Crippen LogP contribution is 2.26. The third-order valence-corrected chi connectivity index (χ3v) is 3.41. The van der Waals surface area contributed by atoms with Gasteiger partial charge < -0.3 is 4.98 Å². The van der Waals surface area contributed by atoms with Gasteiger partial charge >= 0.3 is 0 Å². The van der Waals surface area contributed by atoms with Crippen molar-refractivity contribution in [3.8, 4) is 11.4 Å². The fraction of sp³-hybridized carbons (Fsp3) is 0. The van der Waals surface area contributed by atoms with Gasteiger partial charge in [-0.05, 0) is 40.2 Å². The van der Waals surface area contributed by atoms with Gasteiger partial charge in [0, 0.05) is 15.1 Å². The molecule has 1 aromatic carbocycles. The zero-order valence-electron chi connectivity index (χ0n) is 8.92. The van der Waals surface area contributed by atoms with Gasteiger partial charge in [0.1, 0.15) is 11.6 Å². The predicted octanol–water partition coefficient (Wildman–Crippen LogP) is 4.29. The van der Waals surface area contributed by atoms with Crippen molar-refractivity contribution in [3.05, 3.63) is 45.2 Å². The molecule has 0 spiro atoms. The Balaban J connectivity index is 2.22. The van der Waals surface area contributed by atoms with E-state index < -0.39 is 0 Å². The summed E-state index contributed by atoms with van der Waals surface area (Å²) in [7, 11) is 0. The number of imidazole rings is 1. The van der Waals surface area contributed by atoms with Crippen LogP contribution in [0.3, 0.4) is 0 Å². The first-order valence-electron chi connectivity index (χ1n) is 5.10. The van der Waals surface area contributed by atoms with Crippen LogP contribution in [0.25, 0.3) is 22.6 Å². The number of fused-ring (bicyclic) bond motifs is 1. The van der Waals surface area contributed by atoms with Crippen LogP contribution in [0, 0.1) is 5.82 Å². The summed E-state index contributed by atoms with van der Waals surface area (Å²) in [6.45, 7) is 0. The Bertz CT molecular complexity index is 739. The molecule has 3 nitrogen and oxygen atoms in total. The van der Waals surface area contributed by atoms with E-state index in [1.165, 1.54) is 6.07 Å². The van der Waals surface area contributed by atoms with E-state index in [9.17, 15) is 4.39 Å². The van der Waals surface area contributed by atoms with Crippen molar-refractivity contribution in [2.45, 2.75) is 0 Å². The maximum atomic E-state index is 13.8. The second kappa shape index (κ2) is 4.44. The van der Waals surface area contributed by atoms with Gasteiger partial charge in [0.2, 0.25) is 0 Å². The molecule has 6 heteroatoms. The Hall–Kier alpha value is -1.27. The van der Waals surface area contributed by atoms with Crippen molar-refractivity contribution >= 4 is 43.0 Å². The van der Waals surface area contributed by atoms with Crippen molar-refractivity contribution in [1.29, 1.82) is 0 Å². The molecule has 0 bridgehead atoms. The van der Waals surface area contributed by atoms with E-state index in [1.807, 2.05) is 6.07 Å². The topological polar surface area (TPSA) is 41.6 Å². The molecule has 0 aliphatic carbocycles. The van der Waals surface area contributed by atoms with E-state index in [0.717, 1.165) is 14.5 Å². The normalized spacial score (nSPS) is 11.1. The zero-order chi connectivity index (χ0) is 12.7. The first kappa shape index (κ1) is 11.8. The second-order valence-corrected chi connectivity index (χ2v) is 5.57. The third kappa shape index (κ3) is 2.06. The van der Waals surface area contributed by atoms with E-state index >= 15 is 0 Å². The van der Waals surface area contributed by atoms with Crippen LogP contribution < -0.4 is 0 Å². The highest BCUT2D eigenvalue weighted by Gasteiger charge is 2.11. The number of hydrogen-bond donors (Lipinski definition) is 1. The number of benzene rings is 1. The number of hydrogen-bond acceptors (Lipinski definition) is 2. The molecule has 0 unspecified atom stereocenters. The van der Waals surface area contributed by atoms with Gasteiger partial charge in [-0.25, -0.2) is 14.4 Å². The first-order chi connectivity index (χ1) is 8.63. The number of nitrogens with zero attached hydrogens (tertiary/aromatic N) is 2. The Morgan fingerprint density at radius 1 is 1.11 bits per heavy atom. The van der Waals surface area contributed by atoms with Gasteiger partial charge in [0.05, 0.1) is 11.1 Å². The van der Waals surface area contributed by atoms with Gasteiger partial charge in [0.25, 0.3) is 0 Å². The van der Waals surface area contributed by atoms with Gasteiger partial charge in [-0.3, -0.25) is 0 Å². The van der Waals surface area contributed by atoms with Crippen LogP contribution in [0.5, 0.6) is 0 Å². The molecule has 0 aliphatic rings. The largest absolute Gasteiger partial charge is 0.336 e. The summed E-state index contributed by atoms with van der Waals surface area (Å²) in [6.07, 6.45) is 1.66. The summed E-state index contributed by atoms with van der Waals surface area (Å²) in [5, 5.41) is 0. The van der Waals surface area contributed by atoms with Gasteiger partial charge in [-0.1, -0.05) is 15.9 Å². The van der Waals surface area contributed by atoms with Crippen molar-refractivity contribution in [3.63, 3.8) is 0 Å². The molecule has 18 heavy (non-hydrogen) atoms. The summed E-state index contributed by atoms with van der Waals surface area (Å²) in [5.41, 5.74) is 1.74. The number of aromatic nitrogens is 3. The van der Waals surface area contributed by atoms with Crippen molar-refractivity contribution < 1.29 is 4.39 Å². The number of pyridine rings is 1. The molecule has 2 aromatic heterocycles. The maximum Gasteiger partial charge on any atom is 0.178 e. The predicted molar refractivity (Wildman–Crippen MR) is 74.7 cm³/mol. The maximum absolute atomic E-state index is 13.8. The van der Waals surface area contributed by atoms with Gasteiger partial charge in [-0.2, -0.15) is 0 Å². The molecule has 3 aromatic rings. The summed E-state index contributed by atoms with van der Waals surface area (Å²) < 4.78 is 15.4. The molecule has 0 saturated heterocycles. The van der Waals surface area contributed by atoms with Crippen LogP contribution in [0.2, 0.25) is 0 Å². The van der Waals surface area contributed by atoms with Crippen LogP contribution >= 0.6 is 31.9 Å². The van der Waals surface area contributed by atoms with Crippen molar-refractivity contribution in [1.82, 2.24) is 15.0 Å². The number of nitrogens with one attached hydrogen (secondary N) is 1. The number of halogens is 3. The number of H-pyrrole nitrogens is 1. The second-order valence-electron chi connectivity index (χ2n) is 3.73. The Kier molecular flexibility index (Phi) is 2.91. The molecule has 1 N–H and O–H groups in total. The fourth-order valence-corrected chi connectivity index (χ4v) is 2.37. The highest BCUT2D eigenvalue weighted by molar-refractivity contribution is 9.10. The fourth-order valence-electron chi connectivity index (χ4n) is 1.68. The van der Waals surface area contributed by atoms with Gasteiger partial charge in [-0.15, -0.1) is 0 Å².